The van der Waals surface area contributed by atoms with Gasteiger partial charge in [0.2, 0.25) is 0 Å². The van der Waals surface area contributed by atoms with Gasteiger partial charge in [-0.15, -0.1) is 0 Å². The fourth-order valence-corrected chi connectivity index (χ4v) is 9.77. The van der Waals surface area contributed by atoms with Crippen LogP contribution in [0.2, 0.25) is 0 Å². The van der Waals surface area contributed by atoms with E-state index in [9.17, 15) is 14.4 Å². The van der Waals surface area contributed by atoms with Gasteiger partial charge >= 0.3 is 17.9 Å². The maximum atomic E-state index is 12.9. The standard InChI is InChI=1S/C72H128O6/c1-4-7-10-13-16-19-22-25-28-30-31-32-33-34-35-36-37-38-39-40-41-43-44-47-50-53-56-59-62-65-71(74)77-68-69(67-76-70(73)64-61-58-55-52-49-46-27-24-21-18-15-12-9-6-3)78-72(75)66-63-60-57-54-51-48-45-42-29-26-23-20-17-14-11-8-5-2/h17,20,22,24-27,29-31,33-34,69H,4-16,18-19,21,23,28,32,35-68H2,1-3H3/b20-17-,25-22-,27-24-,29-26-,31-30-,34-33-. The van der Waals surface area contributed by atoms with Crippen LogP contribution >= 0.6 is 0 Å². The molecule has 0 amide bonds. The minimum Gasteiger partial charge on any atom is -0.462 e. The maximum Gasteiger partial charge on any atom is 0.306 e. The first-order chi connectivity index (χ1) is 38.5. The molecule has 0 saturated carbocycles. The van der Waals surface area contributed by atoms with Crippen molar-refractivity contribution in [2.24, 2.45) is 0 Å². The molecule has 0 N–H and O–H groups in total. The monoisotopic (exact) mass is 1090 g/mol. The number of rotatable bonds is 62. The molecule has 452 valence electrons. The van der Waals surface area contributed by atoms with Crippen molar-refractivity contribution in [3.63, 3.8) is 0 Å². The number of carbonyl (C=O) groups is 3. The van der Waals surface area contributed by atoms with Gasteiger partial charge < -0.3 is 14.2 Å². The molecule has 6 nitrogen and oxygen atoms in total. The van der Waals surface area contributed by atoms with E-state index in [1.165, 1.54) is 218 Å². The lowest BCUT2D eigenvalue weighted by Gasteiger charge is -2.18. The topological polar surface area (TPSA) is 78.9 Å². The van der Waals surface area contributed by atoms with Crippen LogP contribution in [-0.2, 0) is 28.6 Å². The Bertz CT molecular complexity index is 1440. The van der Waals surface area contributed by atoms with Gasteiger partial charge in [0.25, 0.3) is 0 Å². The van der Waals surface area contributed by atoms with Crippen molar-refractivity contribution in [3.8, 4) is 0 Å². The SMILES string of the molecule is CCCCC/C=C\C/C=C\CCCCCCCCCC(=O)OC(COC(=O)CCCCCCC/C=C\CCCCCCC)COC(=O)CCCCCCCCCCCCCCCC/C=C\C/C=C\C/C=C\CCCCCCC. The van der Waals surface area contributed by atoms with Crippen LogP contribution in [0.5, 0.6) is 0 Å². The molecule has 0 bridgehead atoms. The highest BCUT2D eigenvalue weighted by atomic mass is 16.6. The first-order valence-corrected chi connectivity index (χ1v) is 33.9. The Labute approximate surface area is 484 Å². The van der Waals surface area contributed by atoms with Crippen LogP contribution in [0.25, 0.3) is 0 Å². The molecular formula is C72H128O6. The number of ether oxygens (including phenoxy) is 3. The lowest BCUT2D eigenvalue weighted by atomic mass is 10.0. The molecule has 0 rings (SSSR count). The Hall–Kier alpha value is -3.15. The van der Waals surface area contributed by atoms with Gasteiger partial charge in [-0.1, -0.05) is 286 Å². The molecule has 0 fully saturated rings. The number of hydrogen-bond acceptors (Lipinski definition) is 6. The van der Waals surface area contributed by atoms with Crippen molar-refractivity contribution in [3.05, 3.63) is 72.9 Å². The molecule has 78 heavy (non-hydrogen) atoms. The molecule has 0 radical (unpaired) electrons. The lowest BCUT2D eigenvalue weighted by molar-refractivity contribution is -0.167. The van der Waals surface area contributed by atoms with Crippen LogP contribution < -0.4 is 0 Å². The first kappa shape index (κ1) is 74.8. The fraction of sp³-hybridized carbons (Fsp3) is 0.792. The second-order valence-corrected chi connectivity index (χ2v) is 22.7. The van der Waals surface area contributed by atoms with E-state index >= 15 is 0 Å². The number of allylic oxidation sites excluding steroid dienone is 12. The Morgan fingerprint density at radius 2 is 0.462 bits per heavy atom. The van der Waals surface area contributed by atoms with E-state index in [-0.39, 0.29) is 31.1 Å². The molecule has 0 aromatic heterocycles. The molecule has 0 aliphatic carbocycles. The molecule has 0 saturated heterocycles. The van der Waals surface area contributed by atoms with Crippen LogP contribution in [0, 0.1) is 0 Å². The van der Waals surface area contributed by atoms with Crippen LogP contribution in [0.1, 0.15) is 348 Å². The summed E-state index contributed by atoms with van der Waals surface area (Å²) < 4.78 is 16.9. The summed E-state index contributed by atoms with van der Waals surface area (Å²) in [4.78, 5) is 38.3. The van der Waals surface area contributed by atoms with Gasteiger partial charge in [0.15, 0.2) is 6.10 Å². The molecule has 1 unspecified atom stereocenters. The number of carbonyl (C=O) groups excluding carboxylic acids is 3. The quantitative estimate of drug-likeness (QED) is 0.0261. The summed E-state index contributed by atoms with van der Waals surface area (Å²) in [6.45, 7) is 6.62. The van der Waals surface area contributed by atoms with Crippen molar-refractivity contribution in [1.82, 2.24) is 0 Å². The Morgan fingerprint density at radius 3 is 0.756 bits per heavy atom. The van der Waals surface area contributed by atoms with Crippen molar-refractivity contribution < 1.29 is 28.6 Å². The average Bonchev–Trinajstić information content (AvgIpc) is 3.44. The van der Waals surface area contributed by atoms with Crippen molar-refractivity contribution in [2.45, 2.75) is 354 Å². The van der Waals surface area contributed by atoms with Gasteiger partial charge in [-0.25, -0.2) is 0 Å². The molecule has 0 heterocycles. The summed E-state index contributed by atoms with van der Waals surface area (Å²) in [5.41, 5.74) is 0. The van der Waals surface area contributed by atoms with E-state index in [1.807, 2.05) is 0 Å². The highest BCUT2D eigenvalue weighted by Gasteiger charge is 2.19. The molecule has 0 aliphatic rings. The van der Waals surface area contributed by atoms with Gasteiger partial charge in [0, 0.05) is 19.3 Å². The zero-order chi connectivity index (χ0) is 56.4. The Morgan fingerprint density at radius 1 is 0.256 bits per heavy atom. The third-order valence-corrected chi connectivity index (χ3v) is 14.9. The molecule has 0 aromatic carbocycles. The predicted molar refractivity (Wildman–Crippen MR) is 339 cm³/mol. The highest BCUT2D eigenvalue weighted by Crippen LogP contribution is 2.17. The second kappa shape index (κ2) is 66.4. The normalized spacial score (nSPS) is 12.5. The van der Waals surface area contributed by atoms with Gasteiger partial charge in [-0.2, -0.15) is 0 Å². The maximum absolute atomic E-state index is 12.9. The number of esters is 3. The Kier molecular flexibility index (Phi) is 63.7. The van der Waals surface area contributed by atoms with Crippen molar-refractivity contribution >= 4 is 17.9 Å². The van der Waals surface area contributed by atoms with Crippen molar-refractivity contribution in [1.29, 1.82) is 0 Å². The van der Waals surface area contributed by atoms with Gasteiger partial charge in [-0.3, -0.25) is 14.4 Å². The second-order valence-electron chi connectivity index (χ2n) is 22.7. The smallest absolute Gasteiger partial charge is 0.306 e. The minimum atomic E-state index is -0.784. The van der Waals surface area contributed by atoms with E-state index < -0.39 is 6.10 Å². The van der Waals surface area contributed by atoms with Crippen molar-refractivity contribution in [2.75, 3.05) is 13.2 Å². The number of hydrogen-bond donors (Lipinski definition) is 0. The highest BCUT2D eigenvalue weighted by molar-refractivity contribution is 5.71. The van der Waals surface area contributed by atoms with Gasteiger partial charge in [0.05, 0.1) is 0 Å². The summed E-state index contributed by atoms with van der Waals surface area (Å²) in [5.74, 6) is -0.880. The zero-order valence-electron chi connectivity index (χ0n) is 51.9. The minimum absolute atomic E-state index is 0.0794. The van der Waals surface area contributed by atoms with Crippen LogP contribution in [0.3, 0.4) is 0 Å². The van der Waals surface area contributed by atoms with Crippen LogP contribution in [0.4, 0.5) is 0 Å². The summed E-state index contributed by atoms with van der Waals surface area (Å²) in [5, 5.41) is 0. The summed E-state index contributed by atoms with van der Waals surface area (Å²) in [6, 6.07) is 0. The van der Waals surface area contributed by atoms with E-state index in [1.54, 1.807) is 0 Å². The number of unbranched alkanes of at least 4 members (excludes halogenated alkanes) is 39. The molecular weight excluding hydrogens is 961 g/mol. The molecule has 0 spiro atoms. The van der Waals surface area contributed by atoms with E-state index in [0.717, 1.165) is 89.9 Å². The third kappa shape index (κ3) is 63.7. The predicted octanol–water partition coefficient (Wildman–Crippen LogP) is 23.3. The Balaban J connectivity index is 4.25. The van der Waals surface area contributed by atoms with Crippen LogP contribution in [-0.4, -0.2) is 37.2 Å². The largest absolute Gasteiger partial charge is 0.462 e. The third-order valence-electron chi connectivity index (χ3n) is 14.9. The molecule has 0 aliphatic heterocycles. The van der Waals surface area contributed by atoms with E-state index in [4.69, 9.17) is 14.2 Å². The lowest BCUT2D eigenvalue weighted by Crippen LogP contribution is -2.30. The summed E-state index contributed by atoms with van der Waals surface area (Å²) in [7, 11) is 0. The fourth-order valence-electron chi connectivity index (χ4n) is 9.77. The molecule has 1 atom stereocenters. The van der Waals surface area contributed by atoms with E-state index in [0.29, 0.717) is 19.3 Å². The first-order valence-electron chi connectivity index (χ1n) is 33.9. The van der Waals surface area contributed by atoms with Gasteiger partial charge in [0.1, 0.15) is 13.2 Å². The van der Waals surface area contributed by atoms with Gasteiger partial charge in [-0.05, 0) is 116 Å². The molecule has 6 heteroatoms. The summed E-state index contributed by atoms with van der Waals surface area (Å²) in [6.07, 6.45) is 86.3. The van der Waals surface area contributed by atoms with Crippen LogP contribution in [0.15, 0.2) is 72.9 Å². The van der Waals surface area contributed by atoms with E-state index in [2.05, 4.69) is 93.7 Å². The molecule has 0 aromatic rings. The summed E-state index contributed by atoms with van der Waals surface area (Å²) >= 11 is 0. The average molecular weight is 1090 g/mol. The zero-order valence-corrected chi connectivity index (χ0v) is 51.9.